The van der Waals surface area contributed by atoms with E-state index in [2.05, 4.69) is 10.1 Å². The third-order valence-corrected chi connectivity index (χ3v) is 2.46. The van der Waals surface area contributed by atoms with Gasteiger partial charge in [0.15, 0.2) is 0 Å². The Hall–Kier alpha value is -2.82. The van der Waals surface area contributed by atoms with Crippen LogP contribution in [0.5, 0.6) is 11.5 Å². The fraction of sp³-hybridized carbons (Fsp3) is 0.0667. The van der Waals surface area contributed by atoms with Gasteiger partial charge >= 0.3 is 11.9 Å². The molecule has 0 saturated heterocycles. The predicted octanol–water partition coefficient (Wildman–Crippen LogP) is 2.59. The number of amides is 1. The zero-order valence-electron chi connectivity index (χ0n) is 10.8. The van der Waals surface area contributed by atoms with Gasteiger partial charge in [-0.3, -0.25) is 4.79 Å². The van der Waals surface area contributed by atoms with Crippen molar-refractivity contribution in [2.75, 3.05) is 12.4 Å². The number of anilines is 1. The molecule has 5 heteroatoms. The second-order valence-corrected chi connectivity index (χ2v) is 3.89. The molecule has 0 spiro atoms. The summed E-state index contributed by atoms with van der Waals surface area (Å²) in [6.07, 6.45) is 0. The van der Waals surface area contributed by atoms with Gasteiger partial charge in [-0.05, 0) is 36.4 Å². The Labute approximate surface area is 116 Å². The van der Waals surface area contributed by atoms with Gasteiger partial charge in [-0.1, -0.05) is 18.2 Å². The van der Waals surface area contributed by atoms with Crippen molar-refractivity contribution in [1.82, 2.24) is 0 Å². The van der Waals surface area contributed by atoms with Crippen LogP contribution in [0, 0.1) is 0 Å². The van der Waals surface area contributed by atoms with Crippen molar-refractivity contribution in [3.8, 4) is 11.5 Å². The van der Waals surface area contributed by atoms with Gasteiger partial charge in [0.05, 0.1) is 7.11 Å². The average molecular weight is 271 g/mol. The number of rotatable bonds is 3. The number of para-hydroxylation sites is 1. The molecule has 1 amide bonds. The first kappa shape index (κ1) is 13.6. The zero-order chi connectivity index (χ0) is 14.4. The summed E-state index contributed by atoms with van der Waals surface area (Å²) in [5.41, 5.74) is 0.487. The highest BCUT2D eigenvalue weighted by Crippen LogP contribution is 2.22. The van der Waals surface area contributed by atoms with E-state index in [1.807, 2.05) is 30.3 Å². The molecule has 0 saturated carbocycles. The van der Waals surface area contributed by atoms with Crippen molar-refractivity contribution in [2.24, 2.45) is 0 Å². The van der Waals surface area contributed by atoms with Crippen LogP contribution in [0.1, 0.15) is 0 Å². The summed E-state index contributed by atoms with van der Waals surface area (Å²) in [7, 11) is 1.15. The lowest BCUT2D eigenvalue weighted by atomic mass is 10.3. The molecule has 102 valence electrons. The summed E-state index contributed by atoms with van der Waals surface area (Å²) in [6, 6.07) is 16.0. The summed E-state index contributed by atoms with van der Waals surface area (Å²) in [5, 5.41) is 2.41. The molecular weight excluding hydrogens is 258 g/mol. The number of benzene rings is 2. The van der Waals surface area contributed by atoms with E-state index >= 15 is 0 Å². The Morgan fingerprint density at radius 3 is 2.10 bits per heavy atom. The summed E-state index contributed by atoms with van der Waals surface area (Å²) in [5.74, 6) is -0.398. The topological polar surface area (TPSA) is 64.6 Å². The minimum Gasteiger partial charge on any atom is -0.462 e. The van der Waals surface area contributed by atoms with Crippen LogP contribution in [0.3, 0.4) is 0 Å². The highest BCUT2D eigenvalue weighted by molar-refractivity contribution is 6.37. The van der Waals surface area contributed by atoms with Gasteiger partial charge in [0.25, 0.3) is 0 Å². The van der Waals surface area contributed by atoms with Crippen LogP contribution in [0.25, 0.3) is 0 Å². The number of carbonyl (C=O) groups excluding carboxylic acids is 2. The minimum atomic E-state index is -0.936. The molecule has 2 aromatic carbocycles. The molecule has 2 aromatic rings. The predicted molar refractivity (Wildman–Crippen MR) is 73.6 cm³/mol. The van der Waals surface area contributed by atoms with Gasteiger partial charge in [0.1, 0.15) is 11.5 Å². The van der Waals surface area contributed by atoms with Gasteiger partial charge in [0, 0.05) is 5.69 Å². The molecule has 20 heavy (non-hydrogen) atoms. The van der Waals surface area contributed by atoms with Crippen molar-refractivity contribution < 1.29 is 19.1 Å². The number of hydrogen-bond acceptors (Lipinski definition) is 4. The van der Waals surface area contributed by atoms with E-state index in [0.717, 1.165) is 12.9 Å². The van der Waals surface area contributed by atoms with E-state index in [4.69, 9.17) is 4.74 Å². The minimum absolute atomic E-state index is 0.487. The second kappa shape index (κ2) is 6.38. The molecule has 0 atom stereocenters. The summed E-state index contributed by atoms with van der Waals surface area (Å²) in [6.45, 7) is 0. The van der Waals surface area contributed by atoms with Crippen LogP contribution in [-0.4, -0.2) is 19.0 Å². The highest BCUT2D eigenvalue weighted by atomic mass is 16.5. The summed E-state index contributed by atoms with van der Waals surface area (Å²) < 4.78 is 9.91. The number of ether oxygens (including phenoxy) is 2. The van der Waals surface area contributed by atoms with E-state index < -0.39 is 11.9 Å². The lowest BCUT2D eigenvalue weighted by molar-refractivity contribution is -0.150. The molecule has 0 heterocycles. The Balaban J connectivity index is 2.00. The first-order valence-corrected chi connectivity index (χ1v) is 5.91. The summed E-state index contributed by atoms with van der Waals surface area (Å²) in [4.78, 5) is 22.3. The number of methoxy groups -OCH3 is 1. The monoisotopic (exact) mass is 271 g/mol. The largest absolute Gasteiger partial charge is 0.462 e. The lowest BCUT2D eigenvalue weighted by Crippen LogP contribution is -2.23. The van der Waals surface area contributed by atoms with Crippen molar-refractivity contribution in [3.63, 3.8) is 0 Å². The van der Waals surface area contributed by atoms with Crippen molar-refractivity contribution in [1.29, 1.82) is 0 Å². The van der Waals surface area contributed by atoms with Gasteiger partial charge < -0.3 is 14.8 Å². The first-order chi connectivity index (χ1) is 9.69. The van der Waals surface area contributed by atoms with Crippen molar-refractivity contribution >= 4 is 17.6 Å². The summed E-state index contributed by atoms with van der Waals surface area (Å²) >= 11 is 0. The van der Waals surface area contributed by atoms with Crippen LogP contribution in [0.15, 0.2) is 54.6 Å². The molecule has 0 aliphatic carbocycles. The molecule has 0 bridgehead atoms. The Morgan fingerprint density at radius 2 is 1.50 bits per heavy atom. The molecule has 0 unspecified atom stereocenters. The van der Waals surface area contributed by atoms with Gasteiger partial charge in [0.2, 0.25) is 0 Å². The van der Waals surface area contributed by atoms with Gasteiger partial charge in [-0.15, -0.1) is 0 Å². The number of nitrogens with one attached hydrogen (secondary N) is 1. The molecule has 0 radical (unpaired) electrons. The molecule has 0 fully saturated rings. The number of hydrogen-bond donors (Lipinski definition) is 1. The quantitative estimate of drug-likeness (QED) is 0.688. The maximum Gasteiger partial charge on any atom is 0.396 e. The first-order valence-electron chi connectivity index (χ1n) is 5.91. The maximum absolute atomic E-state index is 11.3. The van der Waals surface area contributed by atoms with Crippen LogP contribution in [-0.2, 0) is 14.3 Å². The molecule has 1 N–H and O–H groups in total. The van der Waals surface area contributed by atoms with Crippen LogP contribution >= 0.6 is 0 Å². The SMILES string of the molecule is COC(=O)C(=O)Nc1ccc(Oc2ccccc2)cc1. The number of esters is 1. The number of carbonyl (C=O) groups is 2. The van der Waals surface area contributed by atoms with Gasteiger partial charge in [-0.2, -0.15) is 0 Å². The van der Waals surface area contributed by atoms with E-state index in [0.29, 0.717) is 11.4 Å². The van der Waals surface area contributed by atoms with Crippen molar-refractivity contribution in [2.45, 2.75) is 0 Å². The Kier molecular flexibility index (Phi) is 4.34. The fourth-order valence-corrected chi connectivity index (χ4v) is 1.51. The average Bonchev–Trinajstić information content (AvgIpc) is 2.49. The highest BCUT2D eigenvalue weighted by Gasteiger charge is 2.13. The van der Waals surface area contributed by atoms with E-state index in [9.17, 15) is 9.59 Å². The third kappa shape index (κ3) is 3.58. The fourth-order valence-electron chi connectivity index (χ4n) is 1.51. The second-order valence-electron chi connectivity index (χ2n) is 3.89. The van der Waals surface area contributed by atoms with E-state index in [1.165, 1.54) is 0 Å². The van der Waals surface area contributed by atoms with Gasteiger partial charge in [-0.25, -0.2) is 4.79 Å². The zero-order valence-corrected chi connectivity index (χ0v) is 10.8. The van der Waals surface area contributed by atoms with E-state index in [-0.39, 0.29) is 0 Å². The Morgan fingerprint density at radius 1 is 0.900 bits per heavy atom. The molecule has 2 rings (SSSR count). The molecule has 0 aliphatic heterocycles. The maximum atomic E-state index is 11.3. The third-order valence-electron chi connectivity index (χ3n) is 2.46. The normalized spacial score (nSPS) is 9.65. The van der Waals surface area contributed by atoms with Crippen molar-refractivity contribution in [3.05, 3.63) is 54.6 Å². The van der Waals surface area contributed by atoms with Crippen LogP contribution in [0.2, 0.25) is 0 Å². The van der Waals surface area contributed by atoms with Crippen LogP contribution in [0.4, 0.5) is 5.69 Å². The lowest BCUT2D eigenvalue weighted by Gasteiger charge is -2.07. The Bertz CT molecular complexity index is 593. The van der Waals surface area contributed by atoms with E-state index in [1.54, 1.807) is 24.3 Å². The van der Waals surface area contributed by atoms with Crippen LogP contribution < -0.4 is 10.1 Å². The molecule has 0 aliphatic rings. The molecule has 5 nitrogen and oxygen atoms in total. The standard InChI is InChI=1S/C15H13NO4/c1-19-15(18)14(17)16-11-7-9-13(10-8-11)20-12-5-3-2-4-6-12/h2-10H,1H3,(H,16,17). The molecule has 0 aromatic heterocycles. The smallest absolute Gasteiger partial charge is 0.396 e. The molecular formula is C15H13NO4.